The molecule has 0 aromatic heterocycles. The number of benzene rings is 1. The van der Waals surface area contributed by atoms with Crippen LogP contribution in [-0.4, -0.2) is 26.7 Å². The summed E-state index contributed by atoms with van der Waals surface area (Å²) in [6.07, 6.45) is 1.57. The van der Waals surface area contributed by atoms with Crippen molar-refractivity contribution in [2.75, 3.05) is 20.7 Å². The number of likely N-dealkylation sites (N-methyl/N-ethyl adjacent to an activating group) is 1. The van der Waals surface area contributed by atoms with Crippen LogP contribution < -0.4 is 4.65 Å². The molecule has 1 aromatic carbocycles. The third kappa shape index (κ3) is 2.68. The van der Waals surface area contributed by atoms with Gasteiger partial charge in [0.1, 0.15) is 12.2 Å². The molecule has 0 fully saturated rings. The molecule has 1 atom stereocenters. The minimum absolute atomic E-state index is 0.289. The molecule has 0 heterocycles. The molecule has 4 heteroatoms. The van der Waals surface area contributed by atoms with Crippen molar-refractivity contribution in [3.05, 3.63) is 47.7 Å². The number of rotatable bonds is 4. The van der Waals surface area contributed by atoms with E-state index in [1.54, 1.807) is 30.3 Å². The first kappa shape index (κ1) is 12.4. The van der Waals surface area contributed by atoms with Gasteiger partial charge < -0.3 is 14.6 Å². The molecule has 0 bridgehead atoms. The summed E-state index contributed by atoms with van der Waals surface area (Å²) in [6.45, 7) is 3.83. The molecule has 0 radical (unpaired) electrons. The number of methoxy groups -OCH3 is 1. The molecule has 0 amide bonds. The zero-order valence-corrected chi connectivity index (χ0v) is 9.47. The zero-order valence-electron chi connectivity index (χ0n) is 9.47. The maximum atomic E-state index is 12.0. The van der Waals surface area contributed by atoms with Gasteiger partial charge in [-0.1, -0.05) is 6.58 Å². The fourth-order valence-electron chi connectivity index (χ4n) is 1.38. The molecule has 1 aromatic rings. The van der Waals surface area contributed by atoms with Crippen molar-refractivity contribution < 1.29 is 9.53 Å². The summed E-state index contributed by atoms with van der Waals surface area (Å²) in [6, 6.07) is 6.42. The van der Waals surface area contributed by atoms with Crippen LogP contribution in [0.4, 0.5) is 5.69 Å². The van der Waals surface area contributed by atoms with Gasteiger partial charge >= 0.3 is 5.97 Å². The average molecular weight is 221 g/mol. The summed E-state index contributed by atoms with van der Waals surface area (Å²) in [5.74, 6) is -0.407. The SMILES string of the molecule is C=CC[N+](C)([O-])c1ccc(C(=O)OC)cc1. The molecule has 16 heavy (non-hydrogen) atoms. The van der Waals surface area contributed by atoms with Crippen LogP contribution in [0.5, 0.6) is 0 Å². The highest BCUT2D eigenvalue weighted by atomic mass is 16.5. The highest BCUT2D eigenvalue weighted by molar-refractivity contribution is 5.89. The maximum Gasteiger partial charge on any atom is 0.337 e. The number of nitrogens with zero attached hydrogens (tertiary/aromatic N) is 1. The van der Waals surface area contributed by atoms with Crippen LogP contribution in [0.3, 0.4) is 0 Å². The van der Waals surface area contributed by atoms with Crippen LogP contribution in [0.15, 0.2) is 36.9 Å². The topological polar surface area (TPSA) is 49.4 Å². The van der Waals surface area contributed by atoms with E-state index < -0.39 is 10.6 Å². The van der Waals surface area contributed by atoms with Gasteiger partial charge in [0.05, 0.1) is 19.7 Å². The van der Waals surface area contributed by atoms with E-state index in [1.165, 1.54) is 14.2 Å². The van der Waals surface area contributed by atoms with E-state index in [4.69, 9.17) is 0 Å². The van der Waals surface area contributed by atoms with Gasteiger partial charge in [-0.3, -0.25) is 0 Å². The van der Waals surface area contributed by atoms with Crippen molar-refractivity contribution in [3.8, 4) is 0 Å². The monoisotopic (exact) mass is 221 g/mol. The number of hydrogen-bond donors (Lipinski definition) is 0. The number of carbonyl (C=O) groups excluding carboxylic acids is 1. The molecule has 0 aliphatic carbocycles. The Morgan fingerprint density at radius 1 is 1.50 bits per heavy atom. The van der Waals surface area contributed by atoms with Crippen molar-refractivity contribution >= 4 is 11.7 Å². The molecule has 0 saturated carbocycles. The van der Waals surface area contributed by atoms with E-state index in [0.29, 0.717) is 11.3 Å². The molecular weight excluding hydrogens is 206 g/mol. The summed E-state index contributed by atoms with van der Waals surface area (Å²) < 4.78 is 4.03. The fourth-order valence-corrected chi connectivity index (χ4v) is 1.38. The third-order valence-corrected chi connectivity index (χ3v) is 2.31. The summed E-state index contributed by atoms with van der Waals surface area (Å²) in [5.41, 5.74) is 1.01. The van der Waals surface area contributed by atoms with Crippen molar-refractivity contribution in [3.63, 3.8) is 0 Å². The molecule has 0 aliphatic rings. The first-order valence-electron chi connectivity index (χ1n) is 4.87. The number of quaternary nitrogens is 1. The van der Waals surface area contributed by atoms with Crippen molar-refractivity contribution in [2.24, 2.45) is 0 Å². The number of hydroxylamine groups is 2. The maximum absolute atomic E-state index is 12.0. The summed E-state index contributed by atoms with van der Waals surface area (Å²) in [4.78, 5) is 11.2. The summed E-state index contributed by atoms with van der Waals surface area (Å²) in [5, 5.41) is 12.0. The van der Waals surface area contributed by atoms with E-state index in [2.05, 4.69) is 11.3 Å². The fraction of sp³-hybridized carbons (Fsp3) is 0.250. The van der Waals surface area contributed by atoms with E-state index >= 15 is 0 Å². The van der Waals surface area contributed by atoms with Gasteiger partial charge in [0.25, 0.3) is 0 Å². The number of hydrogen-bond acceptors (Lipinski definition) is 3. The van der Waals surface area contributed by atoms with E-state index in [-0.39, 0.29) is 6.54 Å². The lowest BCUT2D eigenvalue weighted by molar-refractivity contribution is 0.0600. The van der Waals surface area contributed by atoms with Crippen molar-refractivity contribution in [2.45, 2.75) is 0 Å². The number of esters is 1. The van der Waals surface area contributed by atoms with Crippen molar-refractivity contribution in [1.29, 1.82) is 0 Å². The van der Waals surface area contributed by atoms with Crippen LogP contribution in [-0.2, 0) is 4.74 Å². The van der Waals surface area contributed by atoms with Crippen LogP contribution in [0.25, 0.3) is 0 Å². The van der Waals surface area contributed by atoms with Gasteiger partial charge in [-0.05, 0) is 18.2 Å². The molecule has 86 valence electrons. The average Bonchev–Trinajstić information content (AvgIpc) is 2.28. The Hall–Kier alpha value is -1.65. The van der Waals surface area contributed by atoms with E-state index in [0.717, 1.165) is 0 Å². The number of carbonyl (C=O) groups is 1. The molecule has 0 spiro atoms. The Balaban J connectivity index is 2.94. The van der Waals surface area contributed by atoms with Gasteiger partial charge in [-0.2, -0.15) is 0 Å². The smallest absolute Gasteiger partial charge is 0.337 e. The van der Waals surface area contributed by atoms with Crippen LogP contribution in [0.2, 0.25) is 0 Å². The molecule has 4 nitrogen and oxygen atoms in total. The van der Waals surface area contributed by atoms with Gasteiger partial charge in [0.2, 0.25) is 0 Å². The van der Waals surface area contributed by atoms with Crippen LogP contribution in [0.1, 0.15) is 10.4 Å². The summed E-state index contributed by atoms with van der Waals surface area (Å²) in [7, 11) is 2.86. The Morgan fingerprint density at radius 2 is 2.06 bits per heavy atom. The second-order valence-electron chi connectivity index (χ2n) is 3.61. The van der Waals surface area contributed by atoms with Gasteiger partial charge in [-0.15, -0.1) is 0 Å². The van der Waals surface area contributed by atoms with Gasteiger partial charge in [-0.25, -0.2) is 4.79 Å². The first-order valence-corrected chi connectivity index (χ1v) is 4.87. The molecule has 0 N–H and O–H groups in total. The quantitative estimate of drug-likeness (QED) is 0.338. The first-order chi connectivity index (χ1) is 7.51. The predicted octanol–water partition coefficient (Wildman–Crippen LogP) is 2.09. The minimum Gasteiger partial charge on any atom is -0.627 e. The van der Waals surface area contributed by atoms with E-state index in [9.17, 15) is 10.0 Å². The van der Waals surface area contributed by atoms with E-state index in [1.807, 2.05) is 0 Å². The second kappa shape index (κ2) is 4.92. The second-order valence-corrected chi connectivity index (χ2v) is 3.61. The molecule has 1 unspecified atom stereocenters. The third-order valence-electron chi connectivity index (χ3n) is 2.31. The zero-order chi connectivity index (χ0) is 12.2. The Bertz CT molecular complexity index is 382. The lowest BCUT2D eigenvalue weighted by Gasteiger charge is -2.36. The molecular formula is C12H15NO3. The predicted molar refractivity (Wildman–Crippen MR) is 63.9 cm³/mol. The Morgan fingerprint density at radius 3 is 2.50 bits per heavy atom. The number of ether oxygens (including phenoxy) is 1. The lowest BCUT2D eigenvalue weighted by atomic mass is 10.2. The molecule has 1 rings (SSSR count). The molecule has 0 aliphatic heterocycles. The van der Waals surface area contributed by atoms with Crippen LogP contribution in [0, 0.1) is 5.21 Å². The largest absolute Gasteiger partial charge is 0.627 e. The highest BCUT2D eigenvalue weighted by Crippen LogP contribution is 2.20. The lowest BCUT2D eigenvalue weighted by Crippen LogP contribution is -2.38. The molecule has 0 saturated heterocycles. The Labute approximate surface area is 94.9 Å². The summed E-state index contributed by atoms with van der Waals surface area (Å²) >= 11 is 0. The van der Waals surface area contributed by atoms with Gasteiger partial charge in [0.15, 0.2) is 0 Å². The Kier molecular flexibility index (Phi) is 3.82. The normalized spacial score (nSPS) is 13.9. The van der Waals surface area contributed by atoms with Crippen LogP contribution >= 0.6 is 0 Å². The minimum atomic E-state index is -0.537. The standard InChI is InChI=1S/C12H15NO3/c1-4-9-13(2,15)11-7-5-10(6-8-11)12(14)16-3/h4-8H,1,9H2,2-3H3. The van der Waals surface area contributed by atoms with Crippen molar-refractivity contribution in [1.82, 2.24) is 4.65 Å². The van der Waals surface area contributed by atoms with Gasteiger partial charge in [0, 0.05) is 12.1 Å². The highest BCUT2D eigenvalue weighted by Gasteiger charge is 2.13.